The van der Waals surface area contributed by atoms with Crippen molar-refractivity contribution in [2.75, 3.05) is 0 Å². The molecule has 0 aliphatic heterocycles. The van der Waals surface area contributed by atoms with Crippen molar-refractivity contribution >= 4 is 5.97 Å². The molecule has 3 nitrogen and oxygen atoms in total. The molecule has 0 aliphatic rings. The summed E-state index contributed by atoms with van der Waals surface area (Å²) in [6.45, 7) is 1.65. The largest absolute Gasteiger partial charge is 0.479 e. The predicted octanol–water partition coefficient (Wildman–Crippen LogP) is 2.67. The van der Waals surface area contributed by atoms with Gasteiger partial charge in [-0.1, -0.05) is 12.1 Å². The lowest BCUT2D eigenvalue weighted by atomic mass is 9.92. The number of carboxylic acids is 1. The molecule has 2 aromatic rings. The molecule has 0 fully saturated rings. The smallest absolute Gasteiger partial charge is 0.329 e. The number of halogens is 1. The van der Waals surface area contributed by atoms with E-state index in [4.69, 9.17) is 0 Å². The average Bonchev–Trinajstić information content (AvgIpc) is 2.86. The third-order valence-electron chi connectivity index (χ3n) is 3.10. The molecule has 0 spiro atoms. The van der Waals surface area contributed by atoms with Gasteiger partial charge in [-0.3, -0.25) is 0 Å². The first-order valence-corrected chi connectivity index (χ1v) is 5.64. The van der Waals surface area contributed by atoms with Crippen LogP contribution in [-0.2, 0) is 16.8 Å². The van der Waals surface area contributed by atoms with Gasteiger partial charge in [0.2, 0.25) is 0 Å². The second-order valence-electron chi connectivity index (χ2n) is 4.47. The summed E-state index contributed by atoms with van der Waals surface area (Å²) in [4.78, 5) is 11.5. The normalized spacial score (nSPS) is 14.1. The van der Waals surface area contributed by atoms with E-state index in [1.54, 1.807) is 48.1 Å². The molecular formula is C14H14FNO2. The van der Waals surface area contributed by atoms with Crippen molar-refractivity contribution in [2.45, 2.75) is 18.9 Å². The molecule has 0 saturated heterocycles. The minimum absolute atomic E-state index is 0.303. The fraction of sp³-hybridized carbons (Fsp3) is 0.214. The first kappa shape index (κ1) is 12.4. The molecule has 0 amide bonds. The number of hydrogen-bond donors (Lipinski definition) is 1. The van der Waals surface area contributed by atoms with Gasteiger partial charge in [0.05, 0.1) is 0 Å². The van der Waals surface area contributed by atoms with E-state index in [1.807, 2.05) is 0 Å². The lowest BCUT2D eigenvalue weighted by Crippen LogP contribution is -2.40. The number of carbonyl (C=O) groups is 1. The van der Waals surface area contributed by atoms with Crippen molar-refractivity contribution in [2.24, 2.45) is 0 Å². The van der Waals surface area contributed by atoms with E-state index in [9.17, 15) is 14.3 Å². The third kappa shape index (κ3) is 2.27. The highest BCUT2D eigenvalue weighted by atomic mass is 19.1. The lowest BCUT2D eigenvalue weighted by molar-refractivity contribution is -0.146. The van der Waals surface area contributed by atoms with Gasteiger partial charge in [-0.25, -0.2) is 9.18 Å². The fourth-order valence-electron chi connectivity index (χ4n) is 1.94. The Hall–Kier alpha value is -2.10. The minimum Gasteiger partial charge on any atom is -0.479 e. The van der Waals surface area contributed by atoms with Crippen molar-refractivity contribution in [3.05, 3.63) is 60.2 Å². The highest BCUT2D eigenvalue weighted by molar-refractivity contribution is 5.76. The Balaban J connectivity index is 2.32. The molecule has 1 atom stereocenters. The van der Waals surface area contributed by atoms with Crippen molar-refractivity contribution < 1.29 is 14.3 Å². The number of aromatic nitrogens is 1. The molecule has 18 heavy (non-hydrogen) atoms. The SMILES string of the molecule is CC(Cc1ccc(F)cc1)(C(=O)O)n1cccc1. The molecule has 94 valence electrons. The van der Waals surface area contributed by atoms with Gasteiger partial charge in [-0.05, 0) is 36.8 Å². The number of rotatable bonds is 4. The summed E-state index contributed by atoms with van der Waals surface area (Å²) >= 11 is 0. The molecule has 1 aromatic carbocycles. The summed E-state index contributed by atoms with van der Waals surface area (Å²) in [5.41, 5.74) is -0.281. The zero-order valence-electron chi connectivity index (χ0n) is 10.0. The first-order valence-electron chi connectivity index (χ1n) is 5.64. The van der Waals surface area contributed by atoms with E-state index in [0.29, 0.717) is 6.42 Å². The van der Waals surface area contributed by atoms with E-state index < -0.39 is 11.5 Å². The van der Waals surface area contributed by atoms with Crippen LogP contribution in [0.15, 0.2) is 48.8 Å². The summed E-state index contributed by atoms with van der Waals surface area (Å²) in [5, 5.41) is 9.43. The highest BCUT2D eigenvalue weighted by Crippen LogP contribution is 2.22. The number of benzene rings is 1. The summed E-state index contributed by atoms with van der Waals surface area (Å²) in [6, 6.07) is 9.47. The van der Waals surface area contributed by atoms with Gasteiger partial charge >= 0.3 is 5.97 Å². The molecule has 2 rings (SSSR count). The van der Waals surface area contributed by atoms with Crippen molar-refractivity contribution in [3.8, 4) is 0 Å². The van der Waals surface area contributed by atoms with Crippen LogP contribution in [0.2, 0.25) is 0 Å². The molecule has 1 heterocycles. The molecular weight excluding hydrogens is 233 g/mol. The maximum absolute atomic E-state index is 12.8. The van der Waals surface area contributed by atoms with E-state index in [-0.39, 0.29) is 5.82 Å². The third-order valence-corrected chi connectivity index (χ3v) is 3.10. The lowest BCUT2D eigenvalue weighted by Gasteiger charge is -2.27. The summed E-state index contributed by atoms with van der Waals surface area (Å²) in [7, 11) is 0. The Labute approximate surface area is 104 Å². The Morgan fingerprint density at radius 1 is 1.28 bits per heavy atom. The number of aliphatic carboxylic acids is 1. The summed E-state index contributed by atoms with van der Waals surface area (Å²) in [5.74, 6) is -1.24. The highest BCUT2D eigenvalue weighted by Gasteiger charge is 2.34. The molecule has 0 aliphatic carbocycles. The summed E-state index contributed by atoms with van der Waals surface area (Å²) < 4.78 is 14.5. The van der Waals surface area contributed by atoms with Crippen LogP contribution in [0.4, 0.5) is 4.39 Å². The predicted molar refractivity (Wildman–Crippen MR) is 65.8 cm³/mol. The van der Waals surface area contributed by atoms with Crippen LogP contribution in [0, 0.1) is 5.82 Å². The van der Waals surface area contributed by atoms with Crippen LogP contribution in [0.5, 0.6) is 0 Å². The number of nitrogens with zero attached hydrogens (tertiary/aromatic N) is 1. The van der Waals surface area contributed by atoms with E-state index in [0.717, 1.165) is 5.56 Å². The topological polar surface area (TPSA) is 42.2 Å². The Bertz CT molecular complexity index is 533. The molecule has 4 heteroatoms. The number of hydrogen-bond acceptors (Lipinski definition) is 1. The molecule has 0 radical (unpaired) electrons. The monoisotopic (exact) mass is 247 g/mol. The van der Waals surface area contributed by atoms with Crippen LogP contribution in [-0.4, -0.2) is 15.6 Å². The van der Waals surface area contributed by atoms with Crippen LogP contribution >= 0.6 is 0 Å². The van der Waals surface area contributed by atoms with Gasteiger partial charge in [-0.2, -0.15) is 0 Å². The second kappa shape index (κ2) is 4.64. The van der Waals surface area contributed by atoms with E-state index in [1.165, 1.54) is 12.1 Å². The Morgan fingerprint density at radius 3 is 2.33 bits per heavy atom. The van der Waals surface area contributed by atoms with Gasteiger partial charge in [0.25, 0.3) is 0 Å². The standard InChI is InChI=1S/C14H14FNO2/c1-14(13(17)18,16-8-2-3-9-16)10-11-4-6-12(15)7-5-11/h2-9H,10H2,1H3,(H,17,18). The maximum Gasteiger partial charge on any atom is 0.329 e. The van der Waals surface area contributed by atoms with Gasteiger partial charge in [0.15, 0.2) is 0 Å². The fourth-order valence-corrected chi connectivity index (χ4v) is 1.94. The zero-order chi connectivity index (χ0) is 13.2. The van der Waals surface area contributed by atoms with E-state index in [2.05, 4.69) is 0 Å². The second-order valence-corrected chi connectivity index (χ2v) is 4.47. The van der Waals surface area contributed by atoms with E-state index >= 15 is 0 Å². The molecule has 0 bridgehead atoms. The first-order chi connectivity index (χ1) is 8.52. The van der Waals surface area contributed by atoms with Gasteiger partial charge in [0, 0.05) is 18.8 Å². The van der Waals surface area contributed by atoms with Crippen molar-refractivity contribution in [3.63, 3.8) is 0 Å². The zero-order valence-corrected chi connectivity index (χ0v) is 10.0. The average molecular weight is 247 g/mol. The summed E-state index contributed by atoms with van der Waals surface area (Å²) in [6.07, 6.45) is 3.74. The molecule has 1 aromatic heterocycles. The van der Waals surface area contributed by atoms with Crippen molar-refractivity contribution in [1.82, 2.24) is 4.57 Å². The molecule has 1 N–H and O–H groups in total. The Morgan fingerprint density at radius 2 is 1.83 bits per heavy atom. The van der Waals surface area contributed by atoms with Gasteiger partial charge in [0.1, 0.15) is 11.4 Å². The van der Waals surface area contributed by atoms with Crippen LogP contribution in [0.25, 0.3) is 0 Å². The minimum atomic E-state index is -1.07. The Kier molecular flexibility index (Phi) is 3.19. The van der Waals surface area contributed by atoms with Crippen molar-refractivity contribution in [1.29, 1.82) is 0 Å². The van der Waals surface area contributed by atoms with Gasteiger partial charge in [-0.15, -0.1) is 0 Å². The van der Waals surface area contributed by atoms with Gasteiger partial charge < -0.3 is 9.67 Å². The quantitative estimate of drug-likeness (QED) is 0.902. The van der Waals surface area contributed by atoms with Crippen LogP contribution < -0.4 is 0 Å². The van der Waals surface area contributed by atoms with Crippen LogP contribution in [0.1, 0.15) is 12.5 Å². The molecule has 1 unspecified atom stereocenters. The number of carboxylic acid groups (broad SMARTS) is 1. The molecule has 0 saturated carbocycles. The van der Waals surface area contributed by atoms with Crippen LogP contribution in [0.3, 0.4) is 0 Å². The maximum atomic E-state index is 12.8.